The van der Waals surface area contributed by atoms with Gasteiger partial charge in [-0.2, -0.15) is 0 Å². The first-order valence-electron chi connectivity index (χ1n) is 5.41. The second-order valence-electron chi connectivity index (χ2n) is 4.04. The van der Waals surface area contributed by atoms with Crippen molar-refractivity contribution in [3.05, 3.63) is 0 Å². The summed E-state index contributed by atoms with van der Waals surface area (Å²) in [5.41, 5.74) is 5.05. The van der Waals surface area contributed by atoms with E-state index in [4.69, 9.17) is 5.73 Å². The van der Waals surface area contributed by atoms with Gasteiger partial charge in [-0.1, -0.05) is 6.42 Å². The Kier molecular flexibility index (Phi) is 4.55. The lowest BCUT2D eigenvalue weighted by Gasteiger charge is -2.23. The van der Waals surface area contributed by atoms with Crippen LogP contribution >= 0.6 is 0 Å². The van der Waals surface area contributed by atoms with Crippen molar-refractivity contribution in [3.63, 3.8) is 0 Å². The van der Waals surface area contributed by atoms with Gasteiger partial charge in [-0.05, 0) is 26.3 Å². The molecule has 0 bridgehead atoms. The average molecular weight is 213 g/mol. The molecule has 0 aromatic rings. The van der Waals surface area contributed by atoms with Crippen LogP contribution in [0.3, 0.4) is 0 Å². The number of hydrogen-bond acceptors (Lipinski definition) is 3. The van der Waals surface area contributed by atoms with Crippen LogP contribution in [0.1, 0.15) is 32.6 Å². The molecule has 1 rings (SSSR count). The quantitative estimate of drug-likeness (QED) is 0.589. The number of hydrogen-bond donors (Lipinski definition) is 3. The smallest absolute Gasteiger partial charge is 0.239 e. The molecule has 0 aromatic heterocycles. The topological polar surface area (TPSA) is 84.2 Å². The standard InChI is InChI=1S/C10H19N3O2/c1-7(10(11)15)13-9(14)6-8-4-2-3-5-12-8/h7-8,12H,2-6H2,1H3,(H2,11,15)(H,13,14). The molecule has 1 fully saturated rings. The summed E-state index contributed by atoms with van der Waals surface area (Å²) in [6.07, 6.45) is 3.79. The maximum Gasteiger partial charge on any atom is 0.239 e. The van der Waals surface area contributed by atoms with E-state index in [1.165, 1.54) is 6.42 Å². The van der Waals surface area contributed by atoms with Crippen molar-refractivity contribution < 1.29 is 9.59 Å². The van der Waals surface area contributed by atoms with Gasteiger partial charge in [0, 0.05) is 12.5 Å². The number of piperidine rings is 1. The van der Waals surface area contributed by atoms with Crippen LogP contribution in [0.4, 0.5) is 0 Å². The van der Waals surface area contributed by atoms with E-state index in [0.29, 0.717) is 6.42 Å². The molecule has 15 heavy (non-hydrogen) atoms. The van der Waals surface area contributed by atoms with E-state index in [1.807, 2.05) is 0 Å². The molecule has 1 heterocycles. The minimum absolute atomic E-state index is 0.110. The van der Waals surface area contributed by atoms with Gasteiger partial charge in [-0.3, -0.25) is 9.59 Å². The fourth-order valence-corrected chi connectivity index (χ4v) is 1.69. The molecule has 4 N–H and O–H groups in total. The highest BCUT2D eigenvalue weighted by molar-refractivity contribution is 5.86. The molecule has 0 aromatic carbocycles. The highest BCUT2D eigenvalue weighted by Gasteiger charge is 2.18. The van der Waals surface area contributed by atoms with Crippen molar-refractivity contribution in [2.75, 3.05) is 6.54 Å². The number of amides is 2. The molecule has 1 aliphatic heterocycles. The summed E-state index contributed by atoms with van der Waals surface area (Å²) in [4.78, 5) is 22.2. The summed E-state index contributed by atoms with van der Waals surface area (Å²) in [5.74, 6) is -0.611. The first kappa shape index (κ1) is 12.0. The fourth-order valence-electron chi connectivity index (χ4n) is 1.69. The van der Waals surface area contributed by atoms with Gasteiger partial charge in [0.2, 0.25) is 11.8 Å². The Bertz CT molecular complexity index is 237. The Balaban J connectivity index is 2.25. The highest BCUT2D eigenvalue weighted by atomic mass is 16.2. The zero-order valence-corrected chi connectivity index (χ0v) is 9.08. The monoisotopic (exact) mass is 213 g/mol. The summed E-state index contributed by atoms with van der Waals surface area (Å²) >= 11 is 0. The van der Waals surface area contributed by atoms with Crippen LogP contribution in [-0.4, -0.2) is 30.4 Å². The van der Waals surface area contributed by atoms with Crippen molar-refractivity contribution in [3.8, 4) is 0 Å². The van der Waals surface area contributed by atoms with Crippen LogP contribution < -0.4 is 16.4 Å². The van der Waals surface area contributed by atoms with Gasteiger partial charge >= 0.3 is 0 Å². The van der Waals surface area contributed by atoms with Crippen LogP contribution in [0.5, 0.6) is 0 Å². The third kappa shape index (κ3) is 4.29. The summed E-state index contributed by atoms with van der Waals surface area (Å²) in [7, 11) is 0. The molecule has 0 aliphatic carbocycles. The van der Waals surface area contributed by atoms with Gasteiger partial charge in [-0.25, -0.2) is 0 Å². The SMILES string of the molecule is CC(NC(=O)CC1CCCCN1)C(N)=O. The lowest BCUT2D eigenvalue weighted by atomic mass is 10.0. The lowest BCUT2D eigenvalue weighted by Crippen LogP contribution is -2.45. The molecule has 0 saturated carbocycles. The zero-order chi connectivity index (χ0) is 11.3. The maximum atomic E-state index is 11.5. The molecule has 1 aliphatic rings. The molecule has 0 spiro atoms. The van der Waals surface area contributed by atoms with Gasteiger partial charge in [-0.15, -0.1) is 0 Å². The van der Waals surface area contributed by atoms with E-state index >= 15 is 0 Å². The van der Waals surface area contributed by atoms with Gasteiger partial charge in [0.25, 0.3) is 0 Å². The molecule has 86 valence electrons. The average Bonchev–Trinajstić information content (AvgIpc) is 2.18. The Hall–Kier alpha value is -1.10. The van der Waals surface area contributed by atoms with Crippen molar-refractivity contribution in [1.82, 2.24) is 10.6 Å². The van der Waals surface area contributed by atoms with Gasteiger partial charge in [0.05, 0.1) is 0 Å². The lowest BCUT2D eigenvalue weighted by molar-refractivity contribution is -0.127. The van der Waals surface area contributed by atoms with Crippen molar-refractivity contribution in [2.45, 2.75) is 44.7 Å². The molecule has 1 saturated heterocycles. The van der Waals surface area contributed by atoms with E-state index in [-0.39, 0.29) is 11.9 Å². The van der Waals surface area contributed by atoms with Crippen molar-refractivity contribution in [1.29, 1.82) is 0 Å². The second kappa shape index (κ2) is 5.70. The van der Waals surface area contributed by atoms with E-state index in [2.05, 4.69) is 10.6 Å². The predicted molar refractivity (Wildman–Crippen MR) is 57.1 cm³/mol. The third-order valence-corrected chi connectivity index (χ3v) is 2.65. The number of primary amides is 1. The number of nitrogens with two attached hydrogens (primary N) is 1. The van der Waals surface area contributed by atoms with Crippen LogP contribution in [0, 0.1) is 0 Å². The number of rotatable bonds is 4. The maximum absolute atomic E-state index is 11.5. The molecule has 2 unspecified atom stereocenters. The van der Waals surface area contributed by atoms with E-state index in [1.54, 1.807) is 6.92 Å². The van der Waals surface area contributed by atoms with E-state index in [0.717, 1.165) is 19.4 Å². The fraction of sp³-hybridized carbons (Fsp3) is 0.800. The molecular weight excluding hydrogens is 194 g/mol. The number of nitrogens with one attached hydrogen (secondary N) is 2. The number of carbonyl (C=O) groups excluding carboxylic acids is 2. The Morgan fingerprint density at radius 1 is 1.53 bits per heavy atom. The minimum atomic E-state index is -0.582. The third-order valence-electron chi connectivity index (χ3n) is 2.65. The van der Waals surface area contributed by atoms with Crippen molar-refractivity contribution >= 4 is 11.8 Å². The van der Waals surface area contributed by atoms with E-state index < -0.39 is 11.9 Å². The molecule has 0 radical (unpaired) electrons. The normalized spacial score (nSPS) is 23.1. The summed E-state index contributed by atoms with van der Waals surface area (Å²) in [5, 5.41) is 5.85. The molecule has 5 nitrogen and oxygen atoms in total. The van der Waals surface area contributed by atoms with Gasteiger partial charge < -0.3 is 16.4 Å². The summed E-state index contributed by atoms with van der Waals surface area (Å²) < 4.78 is 0. The first-order valence-corrected chi connectivity index (χ1v) is 5.41. The molecule has 2 atom stereocenters. The van der Waals surface area contributed by atoms with E-state index in [9.17, 15) is 9.59 Å². The minimum Gasteiger partial charge on any atom is -0.368 e. The molecule has 2 amide bonds. The highest BCUT2D eigenvalue weighted by Crippen LogP contribution is 2.09. The van der Waals surface area contributed by atoms with Crippen LogP contribution in [0.25, 0.3) is 0 Å². The van der Waals surface area contributed by atoms with Gasteiger partial charge in [0.15, 0.2) is 0 Å². The summed E-state index contributed by atoms with van der Waals surface area (Å²) in [6.45, 7) is 2.57. The van der Waals surface area contributed by atoms with Crippen LogP contribution in [0.15, 0.2) is 0 Å². The second-order valence-corrected chi connectivity index (χ2v) is 4.04. The Labute approximate surface area is 89.8 Å². The Morgan fingerprint density at radius 3 is 2.80 bits per heavy atom. The molecular formula is C10H19N3O2. The van der Waals surface area contributed by atoms with Crippen LogP contribution in [-0.2, 0) is 9.59 Å². The van der Waals surface area contributed by atoms with Crippen LogP contribution in [0.2, 0.25) is 0 Å². The zero-order valence-electron chi connectivity index (χ0n) is 9.08. The van der Waals surface area contributed by atoms with Crippen molar-refractivity contribution in [2.24, 2.45) is 5.73 Å². The first-order chi connectivity index (χ1) is 7.09. The molecule has 5 heteroatoms. The van der Waals surface area contributed by atoms with Gasteiger partial charge in [0.1, 0.15) is 6.04 Å². The predicted octanol–water partition coefficient (Wildman–Crippen LogP) is -0.491. The number of carbonyl (C=O) groups is 2. The Morgan fingerprint density at radius 2 is 2.27 bits per heavy atom. The summed E-state index contributed by atoms with van der Waals surface area (Å²) in [6, 6.07) is -0.333. The largest absolute Gasteiger partial charge is 0.368 e.